The lowest BCUT2D eigenvalue weighted by atomic mass is 9.91. The molecule has 29 heavy (non-hydrogen) atoms. The van der Waals surface area contributed by atoms with Crippen LogP contribution in [0.3, 0.4) is 0 Å². The second-order valence-electron chi connectivity index (χ2n) is 7.88. The lowest BCUT2D eigenvalue weighted by Gasteiger charge is -2.31. The molecule has 2 unspecified atom stereocenters. The summed E-state index contributed by atoms with van der Waals surface area (Å²) in [5.41, 5.74) is 1.03. The van der Waals surface area contributed by atoms with Gasteiger partial charge in [0.25, 0.3) is 0 Å². The van der Waals surface area contributed by atoms with Crippen LogP contribution in [0.1, 0.15) is 46.0 Å². The number of aliphatic imine (C=N–C) groups is 2. The zero-order valence-electron chi connectivity index (χ0n) is 18.9. The summed E-state index contributed by atoms with van der Waals surface area (Å²) in [5, 5.41) is 6.47. The Kier molecular flexibility index (Phi) is 11.2. The second-order valence-corrected chi connectivity index (χ2v) is 7.88. The Balaban J connectivity index is 2.49. The van der Waals surface area contributed by atoms with E-state index in [0.29, 0.717) is 12.5 Å². The van der Waals surface area contributed by atoms with E-state index in [9.17, 15) is 9.59 Å². The molecule has 1 fully saturated rings. The van der Waals surface area contributed by atoms with Crippen molar-refractivity contribution in [2.24, 2.45) is 9.98 Å². The molecular weight excluding hydrogens is 368 g/mol. The van der Waals surface area contributed by atoms with Gasteiger partial charge in [-0.3, -0.25) is 14.6 Å². The quantitative estimate of drug-likeness (QED) is 0.363. The van der Waals surface area contributed by atoms with Crippen LogP contribution in [0.25, 0.3) is 0 Å². The summed E-state index contributed by atoms with van der Waals surface area (Å²) >= 11 is 0. The molecule has 0 aromatic carbocycles. The number of amides is 2. The molecule has 0 saturated heterocycles. The van der Waals surface area contributed by atoms with Gasteiger partial charge in [-0.2, -0.15) is 0 Å². The molecule has 0 radical (unpaired) electrons. The van der Waals surface area contributed by atoms with Crippen LogP contribution in [0.4, 0.5) is 0 Å². The van der Waals surface area contributed by atoms with E-state index in [4.69, 9.17) is 0 Å². The third-order valence-electron chi connectivity index (χ3n) is 4.88. The van der Waals surface area contributed by atoms with Crippen LogP contribution >= 0.6 is 0 Å². The third kappa shape index (κ3) is 10.2. The summed E-state index contributed by atoms with van der Waals surface area (Å²) in [6, 6.07) is 0.324. The first-order valence-electron chi connectivity index (χ1n) is 10.4. The normalized spacial score (nSPS) is 20.8. The van der Waals surface area contributed by atoms with Crippen molar-refractivity contribution < 1.29 is 9.59 Å². The first-order valence-corrected chi connectivity index (χ1v) is 10.4. The molecule has 8 heteroatoms. The van der Waals surface area contributed by atoms with E-state index in [1.165, 1.54) is 11.0 Å². The summed E-state index contributed by atoms with van der Waals surface area (Å²) in [6.45, 7) is 4.80. The lowest BCUT2D eigenvalue weighted by Crippen LogP contribution is -2.48. The summed E-state index contributed by atoms with van der Waals surface area (Å²) in [7, 11) is 7.25. The van der Waals surface area contributed by atoms with E-state index < -0.39 is 0 Å². The van der Waals surface area contributed by atoms with Crippen molar-refractivity contribution in [2.45, 2.75) is 58.0 Å². The Hall–Kier alpha value is -2.22. The van der Waals surface area contributed by atoms with E-state index >= 15 is 0 Å². The number of nitrogens with zero attached hydrogens (tertiary/aromatic N) is 4. The Bertz CT molecular complexity index is 627. The molecule has 0 aromatic rings. The summed E-state index contributed by atoms with van der Waals surface area (Å²) in [4.78, 5) is 36.6. The van der Waals surface area contributed by atoms with Gasteiger partial charge in [-0.15, -0.1) is 0 Å². The summed E-state index contributed by atoms with van der Waals surface area (Å²) in [6.07, 6.45) is 8.02. The van der Waals surface area contributed by atoms with E-state index in [1.54, 1.807) is 20.2 Å². The SMILES string of the molecule is CC/C(C)=N\C(=NC)NC1CCCC(NC(=O)CN(C)C(=O)/C=C/CN(C)C)C1. The van der Waals surface area contributed by atoms with Crippen molar-refractivity contribution in [1.29, 1.82) is 0 Å². The minimum Gasteiger partial charge on any atom is -0.352 e. The highest BCUT2D eigenvalue weighted by atomic mass is 16.2. The van der Waals surface area contributed by atoms with Crippen molar-refractivity contribution in [1.82, 2.24) is 20.4 Å². The van der Waals surface area contributed by atoms with Crippen LogP contribution in [0.15, 0.2) is 22.1 Å². The molecule has 0 heterocycles. The van der Waals surface area contributed by atoms with Crippen LogP contribution in [0, 0.1) is 0 Å². The van der Waals surface area contributed by atoms with Gasteiger partial charge in [-0.25, -0.2) is 4.99 Å². The monoisotopic (exact) mass is 406 g/mol. The predicted molar refractivity (Wildman–Crippen MR) is 119 cm³/mol. The van der Waals surface area contributed by atoms with Crippen LogP contribution in [-0.4, -0.2) is 86.6 Å². The zero-order chi connectivity index (χ0) is 21.8. The maximum atomic E-state index is 12.4. The Morgan fingerprint density at radius 1 is 1.14 bits per heavy atom. The predicted octanol–water partition coefficient (Wildman–Crippen LogP) is 1.44. The fourth-order valence-electron chi connectivity index (χ4n) is 3.10. The maximum absolute atomic E-state index is 12.4. The van der Waals surface area contributed by atoms with Crippen molar-refractivity contribution >= 4 is 23.5 Å². The molecule has 2 atom stereocenters. The smallest absolute Gasteiger partial charge is 0.246 e. The van der Waals surface area contributed by atoms with Gasteiger partial charge in [-0.1, -0.05) is 13.0 Å². The lowest BCUT2D eigenvalue weighted by molar-refractivity contribution is -0.131. The number of nitrogens with one attached hydrogen (secondary N) is 2. The minimum atomic E-state index is -0.168. The molecule has 1 aliphatic rings. The average Bonchev–Trinajstić information content (AvgIpc) is 2.66. The Morgan fingerprint density at radius 2 is 1.79 bits per heavy atom. The first-order chi connectivity index (χ1) is 13.7. The van der Waals surface area contributed by atoms with Crippen LogP contribution in [0.5, 0.6) is 0 Å². The molecular formula is C21H38N6O2. The number of guanidine groups is 1. The van der Waals surface area contributed by atoms with Gasteiger partial charge in [-0.05, 0) is 53.1 Å². The van der Waals surface area contributed by atoms with Crippen molar-refractivity contribution in [3.63, 3.8) is 0 Å². The van der Waals surface area contributed by atoms with Gasteiger partial charge in [0.15, 0.2) is 0 Å². The molecule has 2 amide bonds. The van der Waals surface area contributed by atoms with Gasteiger partial charge >= 0.3 is 0 Å². The molecule has 0 aliphatic heterocycles. The number of carbonyl (C=O) groups excluding carboxylic acids is 2. The number of likely N-dealkylation sites (N-methyl/N-ethyl adjacent to an activating group) is 2. The Labute approximate surface area is 175 Å². The van der Waals surface area contributed by atoms with E-state index in [2.05, 4.69) is 27.5 Å². The van der Waals surface area contributed by atoms with Crippen LogP contribution in [0.2, 0.25) is 0 Å². The summed E-state index contributed by atoms with van der Waals surface area (Å²) in [5.74, 6) is 0.353. The van der Waals surface area contributed by atoms with E-state index in [0.717, 1.165) is 37.8 Å². The number of hydrogen-bond acceptors (Lipinski definition) is 4. The topological polar surface area (TPSA) is 89.4 Å². The minimum absolute atomic E-state index is 0.0569. The highest BCUT2D eigenvalue weighted by molar-refractivity contribution is 5.95. The Morgan fingerprint density at radius 3 is 2.38 bits per heavy atom. The van der Waals surface area contributed by atoms with E-state index in [-0.39, 0.29) is 30.4 Å². The molecule has 1 rings (SSSR count). The first kappa shape index (κ1) is 24.8. The average molecular weight is 407 g/mol. The number of carbonyl (C=O) groups is 2. The molecule has 0 bridgehead atoms. The molecule has 1 saturated carbocycles. The van der Waals surface area contributed by atoms with Crippen LogP contribution in [-0.2, 0) is 9.59 Å². The van der Waals surface area contributed by atoms with Crippen LogP contribution < -0.4 is 10.6 Å². The molecule has 0 aromatic heterocycles. The van der Waals surface area contributed by atoms with Crippen molar-refractivity contribution in [3.05, 3.63) is 12.2 Å². The number of hydrogen-bond donors (Lipinski definition) is 2. The number of rotatable bonds is 8. The summed E-state index contributed by atoms with van der Waals surface area (Å²) < 4.78 is 0. The van der Waals surface area contributed by atoms with E-state index in [1.807, 2.05) is 25.9 Å². The highest BCUT2D eigenvalue weighted by Gasteiger charge is 2.24. The van der Waals surface area contributed by atoms with Gasteiger partial charge in [0.05, 0.1) is 6.54 Å². The standard InChI is InChI=1S/C21H38N6O2/c1-7-16(2)23-21(22-3)25-18-11-8-10-17(14-18)24-19(28)15-27(6)20(29)12-9-13-26(4)5/h9,12,17-18H,7-8,10-11,13-15H2,1-6H3,(H,22,25)(H,24,28)/b12-9+,23-16-. The second kappa shape index (κ2) is 13.1. The van der Waals surface area contributed by atoms with Gasteiger partial charge < -0.3 is 20.4 Å². The third-order valence-corrected chi connectivity index (χ3v) is 4.88. The zero-order valence-corrected chi connectivity index (χ0v) is 18.9. The fourth-order valence-corrected chi connectivity index (χ4v) is 3.10. The van der Waals surface area contributed by atoms with Gasteiger partial charge in [0.1, 0.15) is 0 Å². The van der Waals surface area contributed by atoms with Crippen molar-refractivity contribution in [3.8, 4) is 0 Å². The maximum Gasteiger partial charge on any atom is 0.246 e. The fraction of sp³-hybridized carbons (Fsp3) is 0.714. The molecule has 164 valence electrons. The van der Waals surface area contributed by atoms with Gasteiger partial charge in [0, 0.05) is 44.5 Å². The molecule has 8 nitrogen and oxygen atoms in total. The highest BCUT2D eigenvalue weighted by Crippen LogP contribution is 2.19. The van der Waals surface area contributed by atoms with Gasteiger partial charge in [0.2, 0.25) is 17.8 Å². The molecule has 0 spiro atoms. The largest absolute Gasteiger partial charge is 0.352 e. The molecule has 1 aliphatic carbocycles. The van der Waals surface area contributed by atoms with Crippen molar-refractivity contribution in [2.75, 3.05) is 41.3 Å². The molecule has 2 N–H and O–H groups in total.